The van der Waals surface area contributed by atoms with Gasteiger partial charge in [0.25, 0.3) is 0 Å². The summed E-state index contributed by atoms with van der Waals surface area (Å²) in [4.78, 5) is 0. The molecule has 0 aliphatic carbocycles. The van der Waals surface area contributed by atoms with Crippen LogP contribution in [0.4, 0.5) is 0 Å². The third-order valence-electron chi connectivity index (χ3n) is 2.87. The SMILES string of the molecule is COc1cc(-n2nnc(CN)c2C)c(OC)cc1Cl. The average molecular weight is 283 g/mol. The van der Waals surface area contributed by atoms with Crippen LogP contribution in [-0.2, 0) is 6.54 Å². The summed E-state index contributed by atoms with van der Waals surface area (Å²) in [5.41, 5.74) is 7.89. The Morgan fingerprint density at radius 2 is 1.95 bits per heavy atom. The third-order valence-corrected chi connectivity index (χ3v) is 3.16. The highest BCUT2D eigenvalue weighted by Gasteiger charge is 2.16. The van der Waals surface area contributed by atoms with Crippen LogP contribution in [0.2, 0.25) is 5.02 Å². The zero-order valence-corrected chi connectivity index (χ0v) is 11.7. The van der Waals surface area contributed by atoms with Gasteiger partial charge in [-0.05, 0) is 6.92 Å². The van der Waals surface area contributed by atoms with E-state index in [0.29, 0.717) is 28.8 Å². The van der Waals surface area contributed by atoms with Gasteiger partial charge in [-0.25, -0.2) is 4.68 Å². The quantitative estimate of drug-likeness (QED) is 0.924. The van der Waals surface area contributed by atoms with E-state index in [4.69, 9.17) is 26.8 Å². The summed E-state index contributed by atoms with van der Waals surface area (Å²) >= 11 is 6.07. The van der Waals surface area contributed by atoms with E-state index in [9.17, 15) is 0 Å². The maximum Gasteiger partial charge on any atom is 0.146 e. The van der Waals surface area contributed by atoms with Gasteiger partial charge in [0.1, 0.15) is 17.2 Å². The van der Waals surface area contributed by atoms with Gasteiger partial charge in [-0.1, -0.05) is 16.8 Å². The molecule has 0 bridgehead atoms. The van der Waals surface area contributed by atoms with E-state index in [1.807, 2.05) is 6.92 Å². The number of methoxy groups -OCH3 is 2. The number of aromatic nitrogens is 3. The first kappa shape index (κ1) is 13.6. The molecule has 0 atom stereocenters. The van der Waals surface area contributed by atoms with Crippen LogP contribution in [0.5, 0.6) is 11.5 Å². The Kier molecular flexibility index (Phi) is 3.92. The molecule has 0 fully saturated rings. The number of nitrogens with two attached hydrogens (primary N) is 1. The lowest BCUT2D eigenvalue weighted by atomic mass is 10.2. The molecule has 1 aromatic carbocycles. The number of halogens is 1. The lowest BCUT2D eigenvalue weighted by Gasteiger charge is -2.12. The van der Waals surface area contributed by atoms with Gasteiger partial charge in [0.05, 0.1) is 30.6 Å². The molecule has 2 aromatic rings. The topological polar surface area (TPSA) is 75.2 Å². The molecule has 1 heterocycles. The predicted molar refractivity (Wildman–Crippen MR) is 72.1 cm³/mol. The summed E-state index contributed by atoms with van der Waals surface area (Å²) in [6.45, 7) is 2.22. The van der Waals surface area contributed by atoms with E-state index in [-0.39, 0.29) is 0 Å². The monoisotopic (exact) mass is 282 g/mol. The van der Waals surface area contributed by atoms with Crippen LogP contribution >= 0.6 is 11.6 Å². The van der Waals surface area contributed by atoms with Crippen molar-refractivity contribution in [1.82, 2.24) is 15.0 Å². The number of hydrogen-bond donors (Lipinski definition) is 1. The average Bonchev–Trinajstić information content (AvgIpc) is 2.79. The van der Waals surface area contributed by atoms with Crippen LogP contribution in [0, 0.1) is 6.92 Å². The molecular weight excluding hydrogens is 268 g/mol. The lowest BCUT2D eigenvalue weighted by molar-refractivity contribution is 0.400. The fourth-order valence-corrected chi connectivity index (χ4v) is 2.02. The Balaban J connectivity index is 2.62. The van der Waals surface area contributed by atoms with Crippen LogP contribution in [0.15, 0.2) is 12.1 Å². The van der Waals surface area contributed by atoms with Gasteiger partial charge in [-0.2, -0.15) is 0 Å². The highest BCUT2D eigenvalue weighted by atomic mass is 35.5. The number of hydrogen-bond acceptors (Lipinski definition) is 5. The lowest BCUT2D eigenvalue weighted by Crippen LogP contribution is -2.04. The van der Waals surface area contributed by atoms with Crippen molar-refractivity contribution < 1.29 is 9.47 Å². The van der Waals surface area contributed by atoms with E-state index in [2.05, 4.69) is 10.3 Å². The molecule has 0 aliphatic rings. The van der Waals surface area contributed by atoms with Crippen molar-refractivity contribution in [3.63, 3.8) is 0 Å². The normalized spacial score (nSPS) is 10.6. The highest BCUT2D eigenvalue weighted by molar-refractivity contribution is 6.32. The summed E-state index contributed by atoms with van der Waals surface area (Å²) in [5.74, 6) is 1.13. The van der Waals surface area contributed by atoms with Gasteiger partial charge < -0.3 is 15.2 Å². The Morgan fingerprint density at radius 1 is 1.26 bits per heavy atom. The number of ether oxygens (including phenoxy) is 2. The van der Waals surface area contributed by atoms with Gasteiger partial charge in [-0.15, -0.1) is 5.10 Å². The molecule has 0 saturated heterocycles. The van der Waals surface area contributed by atoms with Crippen LogP contribution < -0.4 is 15.2 Å². The van der Waals surface area contributed by atoms with E-state index >= 15 is 0 Å². The largest absolute Gasteiger partial charge is 0.495 e. The fraction of sp³-hybridized carbons (Fsp3) is 0.333. The molecular formula is C12H15ClN4O2. The minimum absolute atomic E-state index is 0.332. The van der Waals surface area contributed by atoms with E-state index < -0.39 is 0 Å². The Labute approximate surface area is 116 Å². The van der Waals surface area contributed by atoms with Crippen LogP contribution in [0.3, 0.4) is 0 Å². The van der Waals surface area contributed by atoms with Gasteiger partial charge in [0.15, 0.2) is 0 Å². The van der Waals surface area contributed by atoms with Crippen LogP contribution in [0.25, 0.3) is 5.69 Å². The molecule has 0 radical (unpaired) electrons. The molecule has 1 aromatic heterocycles. The van der Waals surface area contributed by atoms with Crippen molar-refractivity contribution in [1.29, 1.82) is 0 Å². The maximum absolute atomic E-state index is 6.07. The summed E-state index contributed by atoms with van der Waals surface area (Å²) in [5, 5.41) is 8.57. The molecule has 6 nitrogen and oxygen atoms in total. The first-order valence-electron chi connectivity index (χ1n) is 5.65. The smallest absolute Gasteiger partial charge is 0.146 e. The molecule has 7 heteroatoms. The van der Waals surface area contributed by atoms with Crippen molar-refractivity contribution in [3.05, 3.63) is 28.5 Å². The molecule has 19 heavy (non-hydrogen) atoms. The molecule has 0 spiro atoms. The van der Waals surface area contributed by atoms with Crippen molar-refractivity contribution in [3.8, 4) is 17.2 Å². The van der Waals surface area contributed by atoms with E-state index in [1.165, 1.54) is 0 Å². The van der Waals surface area contributed by atoms with Crippen LogP contribution in [0.1, 0.15) is 11.4 Å². The molecule has 0 amide bonds. The molecule has 2 rings (SSSR count). The number of benzene rings is 1. The second kappa shape index (κ2) is 5.46. The zero-order chi connectivity index (χ0) is 14.0. The molecule has 102 valence electrons. The van der Waals surface area contributed by atoms with E-state index in [0.717, 1.165) is 11.4 Å². The summed E-state index contributed by atoms with van der Waals surface area (Å²) in [6, 6.07) is 3.43. The number of nitrogens with zero attached hydrogens (tertiary/aromatic N) is 3. The standard InChI is InChI=1S/C12H15ClN4O2/c1-7-9(6-14)15-16-17(7)10-5-11(18-2)8(13)4-12(10)19-3/h4-5H,6,14H2,1-3H3. The van der Waals surface area contributed by atoms with Crippen molar-refractivity contribution >= 4 is 11.6 Å². The predicted octanol–water partition coefficient (Wildman–Crippen LogP) is 1.71. The Hall–Kier alpha value is -1.79. The second-order valence-electron chi connectivity index (χ2n) is 3.90. The number of rotatable bonds is 4. The first-order chi connectivity index (χ1) is 9.12. The van der Waals surface area contributed by atoms with Gasteiger partial charge in [-0.3, -0.25) is 0 Å². The van der Waals surface area contributed by atoms with Gasteiger partial charge in [0, 0.05) is 18.7 Å². The minimum atomic E-state index is 0.332. The second-order valence-corrected chi connectivity index (χ2v) is 4.30. The van der Waals surface area contributed by atoms with Crippen LogP contribution in [-0.4, -0.2) is 29.2 Å². The van der Waals surface area contributed by atoms with Crippen molar-refractivity contribution in [2.45, 2.75) is 13.5 Å². The zero-order valence-electron chi connectivity index (χ0n) is 11.0. The van der Waals surface area contributed by atoms with Crippen molar-refractivity contribution in [2.24, 2.45) is 5.73 Å². The fourth-order valence-electron chi connectivity index (χ4n) is 1.79. The summed E-state index contributed by atoms with van der Waals surface area (Å²) in [6.07, 6.45) is 0. The maximum atomic E-state index is 6.07. The summed E-state index contributed by atoms with van der Waals surface area (Å²) in [7, 11) is 3.12. The minimum Gasteiger partial charge on any atom is -0.495 e. The molecule has 2 N–H and O–H groups in total. The Bertz CT molecular complexity index is 598. The molecule has 0 unspecified atom stereocenters. The third kappa shape index (κ3) is 2.36. The van der Waals surface area contributed by atoms with Gasteiger partial charge >= 0.3 is 0 Å². The highest BCUT2D eigenvalue weighted by Crippen LogP contribution is 2.34. The van der Waals surface area contributed by atoms with Gasteiger partial charge in [0.2, 0.25) is 0 Å². The first-order valence-corrected chi connectivity index (χ1v) is 6.03. The summed E-state index contributed by atoms with van der Waals surface area (Å²) < 4.78 is 12.2. The molecule has 0 aliphatic heterocycles. The Morgan fingerprint density at radius 3 is 2.47 bits per heavy atom. The van der Waals surface area contributed by atoms with Crippen molar-refractivity contribution in [2.75, 3.05) is 14.2 Å². The molecule has 0 saturated carbocycles. The van der Waals surface area contributed by atoms with E-state index in [1.54, 1.807) is 31.0 Å².